The predicted octanol–water partition coefficient (Wildman–Crippen LogP) is 2.64. The molecule has 0 aliphatic heterocycles. The van der Waals surface area contributed by atoms with Gasteiger partial charge in [-0.25, -0.2) is 0 Å². The lowest BCUT2D eigenvalue weighted by molar-refractivity contribution is 0.183. The Morgan fingerprint density at radius 2 is 2.27 bits per heavy atom. The summed E-state index contributed by atoms with van der Waals surface area (Å²) in [6.07, 6.45) is 0.414. The average molecular weight is 274 g/mol. The van der Waals surface area contributed by atoms with Crippen molar-refractivity contribution < 1.29 is 9.84 Å². The van der Waals surface area contributed by atoms with Crippen LogP contribution in [-0.4, -0.2) is 24.9 Å². The summed E-state index contributed by atoms with van der Waals surface area (Å²) >= 11 is 3.39. The quantitative estimate of drug-likeness (QED) is 0.867. The second-order valence-corrected chi connectivity index (χ2v) is 4.20. The van der Waals surface area contributed by atoms with Gasteiger partial charge in [-0.1, -0.05) is 22.9 Å². The van der Waals surface area contributed by atoms with Crippen molar-refractivity contribution in [2.24, 2.45) is 0 Å². The second-order valence-electron chi connectivity index (χ2n) is 3.29. The minimum atomic E-state index is -0.325. The van der Waals surface area contributed by atoms with E-state index in [4.69, 9.17) is 4.74 Å². The van der Waals surface area contributed by atoms with Crippen LogP contribution in [0.3, 0.4) is 0 Å². The van der Waals surface area contributed by atoms with E-state index in [2.05, 4.69) is 21.2 Å². The highest BCUT2D eigenvalue weighted by molar-refractivity contribution is 9.10. The van der Waals surface area contributed by atoms with E-state index in [0.717, 1.165) is 22.3 Å². The molecule has 0 saturated heterocycles. The topological polar surface area (TPSA) is 41.5 Å². The van der Waals surface area contributed by atoms with Gasteiger partial charge >= 0.3 is 0 Å². The number of methoxy groups -OCH3 is 1. The van der Waals surface area contributed by atoms with Gasteiger partial charge in [-0.3, -0.25) is 0 Å². The first kappa shape index (κ1) is 12.3. The molecule has 4 heteroatoms. The van der Waals surface area contributed by atoms with Crippen LogP contribution in [0.15, 0.2) is 22.7 Å². The zero-order valence-electron chi connectivity index (χ0n) is 8.96. The molecule has 0 heterocycles. The van der Waals surface area contributed by atoms with Crippen molar-refractivity contribution >= 4 is 21.6 Å². The third kappa shape index (κ3) is 3.72. The van der Waals surface area contributed by atoms with E-state index in [0.29, 0.717) is 6.54 Å². The summed E-state index contributed by atoms with van der Waals surface area (Å²) in [5.41, 5.74) is 0.888. The molecular formula is C11H16BrNO2. The zero-order valence-corrected chi connectivity index (χ0v) is 10.5. The molecule has 84 valence electrons. The van der Waals surface area contributed by atoms with E-state index >= 15 is 0 Å². The maximum atomic E-state index is 9.44. The van der Waals surface area contributed by atoms with Gasteiger partial charge in [0.05, 0.1) is 18.9 Å². The van der Waals surface area contributed by atoms with Gasteiger partial charge in [-0.05, 0) is 24.6 Å². The minimum Gasteiger partial charge on any atom is -0.495 e. The Kier molecular flexibility index (Phi) is 4.91. The fourth-order valence-corrected chi connectivity index (χ4v) is 1.55. The molecule has 0 amide bonds. The number of hydrogen-bond donors (Lipinski definition) is 2. The third-order valence-electron chi connectivity index (χ3n) is 2.16. The molecule has 1 unspecified atom stereocenters. The molecule has 0 saturated carbocycles. The number of ether oxygens (including phenoxy) is 1. The highest BCUT2D eigenvalue weighted by Gasteiger charge is 2.05. The van der Waals surface area contributed by atoms with Crippen molar-refractivity contribution in [3.8, 4) is 5.75 Å². The first-order valence-corrected chi connectivity index (χ1v) is 5.72. The van der Waals surface area contributed by atoms with Crippen LogP contribution < -0.4 is 10.1 Å². The van der Waals surface area contributed by atoms with Crippen LogP contribution in [0.25, 0.3) is 0 Å². The van der Waals surface area contributed by atoms with E-state index < -0.39 is 0 Å². The van der Waals surface area contributed by atoms with Gasteiger partial charge in [-0.15, -0.1) is 0 Å². The lowest BCUT2D eigenvalue weighted by atomic mass is 10.2. The van der Waals surface area contributed by atoms with Gasteiger partial charge in [0.25, 0.3) is 0 Å². The Morgan fingerprint density at radius 1 is 1.53 bits per heavy atom. The van der Waals surface area contributed by atoms with Gasteiger partial charge in [0.15, 0.2) is 0 Å². The molecule has 2 N–H and O–H groups in total. The molecule has 0 aromatic heterocycles. The van der Waals surface area contributed by atoms with Crippen molar-refractivity contribution in [1.82, 2.24) is 0 Å². The van der Waals surface area contributed by atoms with Crippen LogP contribution in [0.4, 0.5) is 5.69 Å². The SMILES string of the molecule is CCC(O)CNc1cc(Br)ccc1OC. The molecule has 0 radical (unpaired) electrons. The zero-order chi connectivity index (χ0) is 11.3. The Bertz CT molecular complexity index is 317. The standard InChI is InChI=1S/C11H16BrNO2/c1-3-9(14)7-13-10-6-8(12)4-5-11(10)15-2/h4-6,9,13-14H,3,7H2,1-2H3. The van der Waals surface area contributed by atoms with Gasteiger partial charge in [0, 0.05) is 11.0 Å². The highest BCUT2D eigenvalue weighted by atomic mass is 79.9. The molecule has 0 fully saturated rings. The molecule has 0 spiro atoms. The molecule has 0 bridgehead atoms. The monoisotopic (exact) mass is 273 g/mol. The van der Waals surface area contributed by atoms with Crippen molar-refractivity contribution in [2.75, 3.05) is 19.0 Å². The Labute approximate surface area is 98.6 Å². The summed E-state index contributed by atoms with van der Waals surface area (Å²) in [5.74, 6) is 0.779. The molecular weight excluding hydrogens is 258 g/mol. The minimum absolute atomic E-state index is 0.325. The summed E-state index contributed by atoms with van der Waals surface area (Å²) in [5, 5.41) is 12.6. The smallest absolute Gasteiger partial charge is 0.142 e. The number of nitrogens with one attached hydrogen (secondary N) is 1. The lowest BCUT2D eigenvalue weighted by Gasteiger charge is -2.13. The number of anilines is 1. The summed E-state index contributed by atoms with van der Waals surface area (Å²) in [6, 6.07) is 5.73. The number of aliphatic hydroxyl groups is 1. The number of hydrogen-bond acceptors (Lipinski definition) is 3. The average Bonchev–Trinajstić information content (AvgIpc) is 2.26. The molecule has 1 aromatic carbocycles. The van der Waals surface area contributed by atoms with Crippen LogP contribution in [0.1, 0.15) is 13.3 Å². The maximum absolute atomic E-state index is 9.44. The fourth-order valence-electron chi connectivity index (χ4n) is 1.19. The van der Waals surface area contributed by atoms with Gasteiger partial charge in [0.2, 0.25) is 0 Å². The van der Waals surface area contributed by atoms with E-state index in [1.807, 2.05) is 25.1 Å². The number of rotatable bonds is 5. The van der Waals surface area contributed by atoms with E-state index in [9.17, 15) is 5.11 Å². The van der Waals surface area contributed by atoms with Crippen LogP contribution in [0.5, 0.6) is 5.75 Å². The predicted molar refractivity (Wildman–Crippen MR) is 65.5 cm³/mol. The number of aliphatic hydroxyl groups excluding tert-OH is 1. The summed E-state index contributed by atoms with van der Waals surface area (Å²) in [7, 11) is 1.63. The van der Waals surface area contributed by atoms with Crippen molar-refractivity contribution in [1.29, 1.82) is 0 Å². The second kappa shape index (κ2) is 5.98. The highest BCUT2D eigenvalue weighted by Crippen LogP contribution is 2.27. The van der Waals surface area contributed by atoms with E-state index in [1.165, 1.54) is 0 Å². The van der Waals surface area contributed by atoms with Crippen LogP contribution in [0.2, 0.25) is 0 Å². The van der Waals surface area contributed by atoms with E-state index in [1.54, 1.807) is 7.11 Å². The maximum Gasteiger partial charge on any atom is 0.142 e. The first-order chi connectivity index (χ1) is 7.17. The van der Waals surface area contributed by atoms with Crippen LogP contribution >= 0.6 is 15.9 Å². The molecule has 0 aliphatic rings. The molecule has 0 aliphatic carbocycles. The normalized spacial score (nSPS) is 12.3. The molecule has 1 aromatic rings. The largest absolute Gasteiger partial charge is 0.495 e. The Morgan fingerprint density at radius 3 is 2.87 bits per heavy atom. The van der Waals surface area contributed by atoms with E-state index in [-0.39, 0.29) is 6.10 Å². The Hall–Kier alpha value is -0.740. The van der Waals surface area contributed by atoms with Gasteiger partial charge in [-0.2, -0.15) is 0 Å². The van der Waals surface area contributed by atoms with Gasteiger partial charge < -0.3 is 15.2 Å². The summed E-state index contributed by atoms with van der Waals surface area (Å²) in [6.45, 7) is 2.48. The first-order valence-electron chi connectivity index (χ1n) is 4.92. The fraction of sp³-hybridized carbons (Fsp3) is 0.455. The van der Waals surface area contributed by atoms with Crippen molar-refractivity contribution in [3.63, 3.8) is 0 Å². The van der Waals surface area contributed by atoms with Crippen LogP contribution in [-0.2, 0) is 0 Å². The van der Waals surface area contributed by atoms with Crippen LogP contribution in [0, 0.1) is 0 Å². The molecule has 1 rings (SSSR count). The van der Waals surface area contributed by atoms with Gasteiger partial charge in [0.1, 0.15) is 5.75 Å². The summed E-state index contributed by atoms with van der Waals surface area (Å²) in [4.78, 5) is 0. The van der Waals surface area contributed by atoms with Crippen molar-refractivity contribution in [3.05, 3.63) is 22.7 Å². The number of benzene rings is 1. The lowest BCUT2D eigenvalue weighted by Crippen LogP contribution is -2.18. The third-order valence-corrected chi connectivity index (χ3v) is 2.65. The Balaban J connectivity index is 2.69. The van der Waals surface area contributed by atoms with Crippen molar-refractivity contribution in [2.45, 2.75) is 19.4 Å². The molecule has 3 nitrogen and oxygen atoms in total. The summed E-state index contributed by atoms with van der Waals surface area (Å²) < 4.78 is 6.18. The number of halogens is 1. The molecule has 1 atom stereocenters. The molecule has 15 heavy (non-hydrogen) atoms.